The van der Waals surface area contributed by atoms with E-state index in [1.54, 1.807) is 0 Å². The summed E-state index contributed by atoms with van der Waals surface area (Å²) >= 11 is 0. The standard InChI is InChI=1S/C31H39FN8/c1-3-39-14-16-40(17-15-39)21-22-8-7-11-28(33-19-22)35-31-34-20-26(32)29(36-31)24-12-13-27-25(18-24)30(38(2)37-27)23-9-5-4-6-10-23/h8,11-13,18-20,23H,3-7,9-10,14-17,21H2,1-2H3,(H,34,35,36). The molecule has 0 amide bonds. The van der Waals surface area contributed by atoms with Crippen LogP contribution in [0, 0.1) is 5.82 Å². The smallest absolute Gasteiger partial charge is 0.229 e. The maximum absolute atomic E-state index is 15.0. The summed E-state index contributed by atoms with van der Waals surface area (Å²) in [6, 6.07) is 5.91. The molecule has 1 saturated heterocycles. The highest BCUT2D eigenvalue weighted by atomic mass is 19.1. The van der Waals surface area contributed by atoms with Crippen molar-refractivity contribution < 1.29 is 4.39 Å². The van der Waals surface area contributed by atoms with Crippen LogP contribution in [-0.2, 0) is 7.05 Å². The number of anilines is 1. The molecule has 3 aliphatic rings. The zero-order valence-electron chi connectivity index (χ0n) is 23.6. The van der Waals surface area contributed by atoms with Gasteiger partial charge in [-0.3, -0.25) is 9.58 Å². The van der Waals surface area contributed by atoms with Crippen LogP contribution in [0.2, 0.25) is 0 Å². The van der Waals surface area contributed by atoms with Gasteiger partial charge in [0, 0.05) is 68.5 Å². The molecule has 6 rings (SSSR count). The second-order valence-corrected chi connectivity index (χ2v) is 11.2. The van der Waals surface area contributed by atoms with Gasteiger partial charge in [0.25, 0.3) is 0 Å². The van der Waals surface area contributed by atoms with Gasteiger partial charge in [0.1, 0.15) is 11.5 Å². The number of piperazine rings is 1. The lowest BCUT2D eigenvalue weighted by molar-refractivity contribution is 0.147. The molecule has 210 valence electrons. The number of fused-ring (bicyclic) bond motifs is 1. The van der Waals surface area contributed by atoms with E-state index >= 15 is 4.39 Å². The maximum Gasteiger partial charge on any atom is 0.229 e. The number of aryl methyl sites for hydroxylation is 1. The molecular weight excluding hydrogens is 503 g/mol. The average Bonchev–Trinajstić information content (AvgIpc) is 3.15. The molecule has 8 nitrogen and oxygen atoms in total. The quantitative estimate of drug-likeness (QED) is 0.425. The second kappa shape index (κ2) is 12.0. The largest absolute Gasteiger partial charge is 0.309 e. The Balaban J connectivity index is 1.17. The van der Waals surface area contributed by atoms with Gasteiger partial charge in [0.2, 0.25) is 5.95 Å². The van der Waals surface area contributed by atoms with Gasteiger partial charge in [-0.1, -0.05) is 38.3 Å². The molecule has 2 aromatic heterocycles. The predicted octanol–water partition coefficient (Wildman–Crippen LogP) is 5.51. The van der Waals surface area contributed by atoms with Gasteiger partial charge in [-0.25, -0.2) is 19.4 Å². The Labute approximate surface area is 235 Å². The summed E-state index contributed by atoms with van der Waals surface area (Å²) in [4.78, 5) is 18.4. The third kappa shape index (κ3) is 5.86. The normalized spacial score (nSPS) is 19.5. The molecule has 0 radical (unpaired) electrons. The summed E-state index contributed by atoms with van der Waals surface area (Å²) in [5.41, 5.74) is 4.40. The average molecular weight is 543 g/mol. The second-order valence-electron chi connectivity index (χ2n) is 11.2. The van der Waals surface area contributed by atoms with Crippen LogP contribution in [0.4, 0.5) is 10.3 Å². The van der Waals surface area contributed by atoms with Crippen LogP contribution < -0.4 is 5.32 Å². The van der Waals surface area contributed by atoms with Crippen LogP contribution in [0.3, 0.4) is 0 Å². The molecule has 4 heterocycles. The van der Waals surface area contributed by atoms with Crippen molar-refractivity contribution in [3.63, 3.8) is 0 Å². The highest BCUT2D eigenvalue weighted by molar-refractivity contribution is 5.87. The number of hydrogen-bond donors (Lipinski definition) is 1. The van der Waals surface area contributed by atoms with Gasteiger partial charge in [-0.2, -0.15) is 5.10 Å². The van der Waals surface area contributed by atoms with E-state index in [2.05, 4.69) is 43.1 Å². The number of hydrogen-bond acceptors (Lipinski definition) is 7. The highest BCUT2D eigenvalue weighted by Gasteiger charge is 2.23. The van der Waals surface area contributed by atoms with E-state index in [1.165, 1.54) is 49.6 Å². The molecule has 0 atom stereocenters. The Bertz CT molecular complexity index is 1440. The first-order valence-corrected chi connectivity index (χ1v) is 14.7. The predicted molar refractivity (Wildman–Crippen MR) is 159 cm³/mol. The minimum Gasteiger partial charge on any atom is -0.309 e. The lowest BCUT2D eigenvalue weighted by Gasteiger charge is -2.34. The van der Waals surface area contributed by atoms with Crippen molar-refractivity contribution in [2.75, 3.05) is 44.6 Å². The van der Waals surface area contributed by atoms with Crippen LogP contribution in [0.5, 0.6) is 0 Å². The zero-order chi connectivity index (χ0) is 27.5. The van der Waals surface area contributed by atoms with Crippen molar-refractivity contribution in [2.24, 2.45) is 12.0 Å². The van der Waals surface area contributed by atoms with Gasteiger partial charge in [0.05, 0.1) is 11.7 Å². The molecule has 0 unspecified atom stereocenters. The van der Waals surface area contributed by atoms with E-state index < -0.39 is 5.82 Å². The molecule has 2 aliphatic heterocycles. The van der Waals surface area contributed by atoms with Crippen LogP contribution in [0.15, 0.2) is 52.9 Å². The number of likely N-dealkylation sites (N-methyl/N-ethyl adjacent to an activating group) is 1. The van der Waals surface area contributed by atoms with E-state index in [4.69, 9.17) is 5.10 Å². The van der Waals surface area contributed by atoms with E-state index in [1.807, 2.05) is 42.2 Å². The van der Waals surface area contributed by atoms with Crippen LogP contribution in [0.25, 0.3) is 22.2 Å². The third-order valence-electron chi connectivity index (χ3n) is 8.51. The topological polar surface area (TPSA) is 74.5 Å². The summed E-state index contributed by atoms with van der Waals surface area (Å²) in [7, 11) is 2.02. The number of allylic oxidation sites excluding steroid dienone is 2. The molecule has 1 aliphatic carbocycles. The molecule has 40 heavy (non-hydrogen) atoms. The Morgan fingerprint density at radius 2 is 1.82 bits per heavy atom. The zero-order valence-corrected chi connectivity index (χ0v) is 23.6. The third-order valence-corrected chi connectivity index (χ3v) is 8.51. The molecule has 1 aromatic carbocycles. The van der Waals surface area contributed by atoms with Crippen LogP contribution >= 0.6 is 0 Å². The van der Waals surface area contributed by atoms with Gasteiger partial charge in [0.15, 0.2) is 5.82 Å². The van der Waals surface area contributed by atoms with Crippen molar-refractivity contribution in [1.29, 1.82) is 0 Å². The highest BCUT2D eigenvalue weighted by Crippen LogP contribution is 2.37. The van der Waals surface area contributed by atoms with Gasteiger partial charge < -0.3 is 10.2 Å². The summed E-state index contributed by atoms with van der Waals surface area (Å²) in [5, 5.41) is 9.04. The van der Waals surface area contributed by atoms with Crippen molar-refractivity contribution in [1.82, 2.24) is 29.5 Å². The molecule has 0 bridgehead atoms. The number of rotatable bonds is 7. The fourth-order valence-corrected chi connectivity index (χ4v) is 6.26. The fraction of sp³-hybridized carbons (Fsp3) is 0.484. The van der Waals surface area contributed by atoms with Gasteiger partial charge in [-0.15, -0.1) is 0 Å². The Hall–Kier alpha value is -3.43. The summed E-state index contributed by atoms with van der Waals surface area (Å²) in [6.45, 7) is 8.63. The minimum atomic E-state index is -0.446. The van der Waals surface area contributed by atoms with Gasteiger partial charge >= 0.3 is 0 Å². The molecular formula is C31H39FN8. The monoisotopic (exact) mass is 542 g/mol. The van der Waals surface area contributed by atoms with E-state index in [9.17, 15) is 0 Å². The van der Waals surface area contributed by atoms with Gasteiger partial charge in [-0.05, 0) is 49.6 Å². The number of aromatic nitrogens is 4. The van der Waals surface area contributed by atoms with Crippen LogP contribution in [-0.4, -0.2) is 75.0 Å². The number of nitrogens with zero attached hydrogens (tertiary/aromatic N) is 7. The lowest BCUT2D eigenvalue weighted by Crippen LogP contribution is -2.46. The minimum absolute atomic E-state index is 0.279. The molecule has 1 N–H and O–H groups in total. The van der Waals surface area contributed by atoms with Crippen LogP contribution in [0.1, 0.15) is 57.1 Å². The Morgan fingerprint density at radius 3 is 2.62 bits per heavy atom. The first kappa shape index (κ1) is 26.8. The maximum atomic E-state index is 15.0. The number of halogens is 1. The summed E-state index contributed by atoms with van der Waals surface area (Å²) < 4.78 is 17.1. The SMILES string of the molecule is CCN1CCN(CC2=CCC=C(Nc3ncc(F)c(-c4ccc5nn(C)c(C6CCCCC6)c5c4)n3)N=C2)CC1. The number of aliphatic imine (C=N–C) groups is 1. The molecule has 3 aromatic rings. The summed E-state index contributed by atoms with van der Waals surface area (Å²) in [5.74, 6) is 1.05. The molecule has 2 fully saturated rings. The van der Waals surface area contributed by atoms with E-state index in [0.29, 0.717) is 17.7 Å². The first-order chi connectivity index (χ1) is 19.6. The molecule has 1 saturated carbocycles. The van der Waals surface area contributed by atoms with Crippen molar-refractivity contribution in [2.45, 2.75) is 51.4 Å². The molecule has 0 spiro atoms. The number of nitrogens with one attached hydrogen (secondary N) is 1. The first-order valence-electron chi connectivity index (χ1n) is 14.7. The fourth-order valence-electron chi connectivity index (χ4n) is 6.26. The Kier molecular flexibility index (Phi) is 8.02. The molecule has 9 heteroatoms. The summed E-state index contributed by atoms with van der Waals surface area (Å²) in [6.07, 6.45) is 14.3. The van der Waals surface area contributed by atoms with Crippen molar-refractivity contribution >= 4 is 23.1 Å². The van der Waals surface area contributed by atoms with Crippen molar-refractivity contribution in [3.8, 4) is 11.3 Å². The number of benzene rings is 1. The van der Waals surface area contributed by atoms with E-state index in [-0.39, 0.29) is 5.69 Å². The lowest BCUT2D eigenvalue weighted by atomic mass is 9.85. The Morgan fingerprint density at radius 1 is 1.02 bits per heavy atom. The van der Waals surface area contributed by atoms with Crippen molar-refractivity contribution in [3.05, 3.63) is 59.5 Å². The van der Waals surface area contributed by atoms with E-state index in [0.717, 1.165) is 62.2 Å².